The van der Waals surface area contributed by atoms with Crippen LogP contribution in [-0.2, 0) is 0 Å². The number of aliphatic imine (C=N–C) groups is 1. The first-order chi connectivity index (χ1) is 11.4. The highest BCUT2D eigenvalue weighted by molar-refractivity contribution is 6.38. The number of halogens is 2. The maximum Gasteiger partial charge on any atom is 0.250 e. The second-order valence-corrected chi connectivity index (χ2v) is 5.39. The van der Waals surface area contributed by atoms with E-state index in [1.54, 1.807) is 18.2 Å². The minimum Gasteiger partial charge on any atom is -0.366 e. The van der Waals surface area contributed by atoms with Crippen LogP contribution in [0.3, 0.4) is 0 Å². The summed E-state index contributed by atoms with van der Waals surface area (Å²) in [4.78, 5) is 27.6. The number of hydrogen-bond acceptors (Lipinski definition) is 4. The lowest BCUT2D eigenvalue weighted by Gasteiger charge is -2.01. The third-order valence-corrected chi connectivity index (χ3v) is 3.52. The van der Waals surface area contributed by atoms with E-state index in [4.69, 9.17) is 34.2 Å². The molecule has 0 atom stereocenters. The molecule has 0 saturated carbocycles. The van der Waals surface area contributed by atoms with Crippen LogP contribution in [0.2, 0.25) is 10.0 Å². The van der Waals surface area contributed by atoms with Crippen molar-refractivity contribution in [2.45, 2.75) is 0 Å². The minimum absolute atomic E-state index is 0.100. The molecule has 0 aliphatic heterocycles. The van der Waals surface area contributed by atoms with E-state index in [0.29, 0.717) is 5.02 Å². The van der Waals surface area contributed by atoms with Gasteiger partial charge in [-0.15, -0.1) is 0 Å². The largest absolute Gasteiger partial charge is 0.366 e. The lowest BCUT2D eigenvalue weighted by atomic mass is 10.1. The second kappa shape index (κ2) is 7.58. The Morgan fingerprint density at radius 1 is 1.08 bits per heavy atom. The summed E-state index contributed by atoms with van der Waals surface area (Å²) in [6.45, 7) is 0. The molecule has 0 spiro atoms. The highest BCUT2D eigenvalue weighted by atomic mass is 35.5. The van der Waals surface area contributed by atoms with E-state index in [0.717, 1.165) is 0 Å². The third-order valence-electron chi connectivity index (χ3n) is 2.97. The normalized spacial score (nSPS) is 9.54. The number of para-hydroxylation sites is 1. The van der Waals surface area contributed by atoms with E-state index >= 15 is 0 Å². The molecule has 7 heteroatoms. The number of carbonyl (C=O) groups excluding carboxylic acids is 2. The summed E-state index contributed by atoms with van der Waals surface area (Å²) in [5, 5.41) is 9.64. The second-order valence-electron chi connectivity index (χ2n) is 4.55. The van der Waals surface area contributed by atoms with Crippen molar-refractivity contribution in [3.05, 3.63) is 69.2 Å². The topological polar surface area (TPSA) is 96.3 Å². The molecule has 0 unspecified atom stereocenters. The van der Waals surface area contributed by atoms with Gasteiger partial charge >= 0.3 is 0 Å². The number of hydrogen-bond donors (Lipinski definition) is 1. The molecule has 0 saturated heterocycles. The zero-order valence-electron chi connectivity index (χ0n) is 12.1. The Hall–Kier alpha value is -2.90. The number of primary amides is 1. The van der Waals surface area contributed by atoms with Crippen molar-refractivity contribution in [1.29, 1.82) is 5.26 Å². The van der Waals surface area contributed by atoms with Crippen molar-refractivity contribution < 1.29 is 9.59 Å². The van der Waals surface area contributed by atoms with Gasteiger partial charge in [0.1, 0.15) is 6.07 Å². The summed E-state index contributed by atoms with van der Waals surface area (Å²) >= 11 is 11.7. The van der Waals surface area contributed by atoms with Crippen LogP contribution in [0, 0.1) is 11.3 Å². The van der Waals surface area contributed by atoms with Gasteiger partial charge in [-0.2, -0.15) is 5.26 Å². The Morgan fingerprint density at radius 2 is 1.79 bits per heavy atom. The Balaban J connectivity index is 2.48. The Labute approximate surface area is 147 Å². The van der Waals surface area contributed by atoms with Crippen LogP contribution >= 0.6 is 23.2 Å². The summed E-state index contributed by atoms with van der Waals surface area (Å²) in [5.41, 5.74) is 5.33. The molecule has 0 aromatic heterocycles. The maximum atomic E-state index is 12.3. The number of allylic oxidation sites excluding steroid dienone is 1. The average Bonchev–Trinajstić information content (AvgIpc) is 2.55. The van der Waals surface area contributed by atoms with E-state index in [1.807, 2.05) is 0 Å². The van der Waals surface area contributed by atoms with Crippen LogP contribution in [0.25, 0.3) is 0 Å². The molecule has 1 amide bonds. The van der Waals surface area contributed by atoms with E-state index in [1.165, 1.54) is 30.3 Å². The number of nitrogens with zero attached hydrogens (tertiary/aromatic N) is 2. The molecular formula is C17H9Cl2N3O2. The smallest absolute Gasteiger partial charge is 0.250 e. The predicted molar refractivity (Wildman–Crippen MR) is 92.0 cm³/mol. The van der Waals surface area contributed by atoms with Crippen molar-refractivity contribution in [2.24, 2.45) is 10.7 Å². The SMILES string of the molecule is N#CC(=C=Nc1ccccc1C(N)=O)C(=O)c1ccc(Cl)cc1Cl. The fourth-order valence-corrected chi connectivity index (χ4v) is 2.32. The number of Topliss-reactive ketones (excluding diaryl/α,β-unsaturated/α-hetero) is 1. The van der Waals surface area contributed by atoms with Gasteiger partial charge in [0.2, 0.25) is 5.78 Å². The van der Waals surface area contributed by atoms with Crippen molar-refractivity contribution >= 4 is 46.4 Å². The number of rotatable bonds is 4. The molecule has 24 heavy (non-hydrogen) atoms. The van der Waals surface area contributed by atoms with Crippen molar-refractivity contribution in [1.82, 2.24) is 0 Å². The Kier molecular flexibility index (Phi) is 5.51. The monoisotopic (exact) mass is 357 g/mol. The summed E-state index contributed by atoms with van der Waals surface area (Å²) in [7, 11) is 0. The number of nitrogens with two attached hydrogens (primary N) is 1. The first-order valence-corrected chi connectivity index (χ1v) is 7.32. The molecule has 0 radical (unpaired) electrons. The highest BCUT2D eigenvalue weighted by Gasteiger charge is 2.16. The summed E-state index contributed by atoms with van der Waals surface area (Å²) in [6.07, 6.45) is 0. The van der Waals surface area contributed by atoms with Gasteiger partial charge in [-0.3, -0.25) is 9.59 Å². The van der Waals surface area contributed by atoms with Crippen LogP contribution in [0.4, 0.5) is 5.69 Å². The molecule has 2 N–H and O–H groups in total. The Morgan fingerprint density at radius 3 is 2.42 bits per heavy atom. The number of benzene rings is 2. The van der Waals surface area contributed by atoms with Gasteiger partial charge in [-0.05, 0) is 30.3 Å². The van der Waals surface area contributed by atoms with Crippen LogP contribution in [0.1, 0.15) is 20.7 Å². The van der Waals surface area contributed by atoms with E-state index in [2.05, 4.69) is 10.9 Å². The minimum atomic E-state index is -0.679. The van der Waals surface area contributed by atoms with E-state index in [-0.39, 0.29) is 27.4 Å². The fraction of sp³-hybridized carbons (Fsp3) is 0. The van der Waals surface area contributed by atoms with Crippen LogP contribution in [-0.4, -0.2) is 17.6 Å². The molecule has 118 valence electrons. The molecule has 0 fully saturated rings. The quantitative estimate of drug-likeness (QED) is 0.390. The molecule has 0 bridgehead atoms. The van der Waals surface area contributed by atoms with Gasteiger partial charge in [-0.25, -0.2) is 4.99 Å². The van der Waals surface area contributed by atoms with Crippen LogP contribution in [0.5, 0.6) is 0 Å². The first-order valence-electron chi connectivity index (χ1n) is 6.56. The van der Waals surface area contributed by atoms with Gasteiger partial charge < -0.3 is 5.73 Å². The van der Waals surface area contributed by atoms with Gasteiger partial charge in [0, 0.05) is 16.5 Å². The molecular weight excluding hydrogens is 349 g/mol. The van der Waals surface area contributed by atoms with Crippen LogP contribution in [0.15, 0.2) is 53.0 Å². The molecule has 2 aromatic rings. The van der Waals surface area contributed by atoms with Crippen molar-refractivity contribution in [3.63, 3.8) is 0 Å². The third kappa shape index (κ3) is 3.89. The van der Waals surface area contributed by atoms with Gasteiger partial charge in [0.25, 0.3) is 5.91 Å². The van der Waals surface area contributed by atoms with Gasteiger partial charge in [-0.1, -0.05) is 35.3 Å². The van der Waals surface area contributed by atoms with Crippen molar-refractivity contribution in [3.8, 4) is 6.07 Å². The lowest BCUT2D eigenvalue weighted by Crippen LogP contribution is -2.10. The Bertz CT molecular complexity index is 939. The van der Waals surface area contributed by atoms with Crippen molar-refractivity contribution in [2.75, 3.05) is 0 Å². The lowest BCUT2D eigenvalue weighted by molar-refractivity contribution is 0.0999. The van der Waals surface area contributed by atoms with E-state index < -0.39 is 11.7 Å². The maximum absolute atomic E-state index is 12.3. The van der Waals surface area contributed by atoms with E-state index in [9.17, 15) is 9.59 Å². The molecule has 5 nitrogen and oxygen atoms in total. The zero-order chi connectivity index (χ0) is 17.7. The van der Waals surface area contributed by atoms with Gasteiger partial charge in [0.05, 0.1) is 16.3 Å². The number of ketones is 1. The molecule has 0 heterocycles. The summed E-state index contributed by atoms with van der Waals surface area (Å²) in [6, 6.07) is 12.2. The number of carbonyl (C=O) groups is 2. The van der Waals surface area contributed by atoms with Gasteiger partial charge in [0.15, 0.2) is 5.57 Å². The number of nitriles is 1. The zero-order valence-corrected chi connectivity index (χ0v) is 13.6. The molecule has 2 aromatic carbocycles. The van der Waals surface area contributed by atoms with Crippen LogP contribution < -0.4 is 5.73 Å². The highest BCUT2D eigenvalue weighted by Crippen LogP contribution is 2.23. The summed E-state index contributed by atoms with van der Waals surface area (Å²) in [5.74, 6) is 1.02. The first kappa shape index (κ1) is 17.5. The summed E-state index contributed by atoms with van der Waals surface area (Å²) < 4.78 is 0. The molecule has 2 rings (SSSR count). The number of amides is 1. The average molecular weight is 358 g/mol. The fourth-order valence-electron chi connectivity index (χ4n) is 1.83. The molecule has 0 aliphatic carbocycles. The standard InChI is InChI=1S/C17H9Cl2N3O2/c18-11-5-6-12(14(19)7-11)16(23)10(8-20)9-22-15-4-2-1-3-13(15)17(21)24/h1-7H,(H2,21,24). The molecule has 0 aliphatic rings. The predicted octanol–water partition coefficient (Wildman–Crippen LogP) is 3.73.